The molecule has 0 aliphatic heterocycles. The zero-order valence-corrected chi connectivity index (χ0v) is 9.61. The van der Waals surface area contributed by atoms with Crippen LogP contribution < -0.4 is 9.47 Å². The molecule has 1 aromatic heterocycles. The quantitative estimate of drug-likeness (QED) is 0.747. The zero-order valence-electron chi connectivity index (χ0n) is 9.61. The molecule has 18 heavy (non-hydrogen) atoms. The second-order valence-corrected chi connectivity index (χ2v) is 3.33. The van der Waals surface area contributed by atoms with Crippen LogP contribution in [0.1, 0.15) is 5.69 Å². The summed E-state index contributed by atoms with van der Waals surface area (Å²) < 4.78 is 10.8. The fraction of sp³-hybridized carbons (Fsp3) is 0.154. The molecule has 0 saturated heterocycles. The highest BCUT2D eigenvalue weighted by Gasteiger charge is 2.04. The maximum atomic E-state index is 8.79. The summed E-state index contributed by atoms with van der Waals surface area (Å²) in [6, 6.07) is 11.4. The van der Waals surface area contributed by atoms with Crippen molar-refractivity contribution < 1.29 is 9.47 Å². The summed E-state index contributed by atoms with van der Waals surface area (Å²) in [5.41, 5.74) is 0.178. The third-order valence-corrected chi connectivity index (χ3v) is 2.10. The molecule has 0 N–H and O–H groups in total. The van der Waals surface area contributed by atoms with Gasteiger partial charge < -0.3 is 9.47 Å². The smallest absolute Gasteiger partial charge is 0.251 e. The molecule has 2 rings (SSSR count). The number of benzene rings is 1. The third kappa shape index (κ3) is 3.19. The number of nitrogens with zero attached hydrogens (tertiary/aromatic N) is 3. The van der Waals surface area contributed by atoms with Crippen molar-refractivity contribution in [2.75, 3.05) is 13.2 Å². The first-order chi connectivity index (χ1) is 8.90. The predicted molar refractivity (Wildman–Crippen MR) is 64.2 cm³/mol. The van der Waals surface area contributed by atoms with Crippen LogP contribution in [0.2, 0.25) is 0 Å². The number of hydrogen-bond acceptors (Lipinski definition) is 5. The first-order valence-electron chi connectivity index (χ1n) is 5.42. The second-order valence-electron chi connectivity index (χ2n) is 3.33. The molecule has 0 aliphatic rings. The molecule has 0 unspecified atom stereocenters. The molecular weight excluding hydrogens is 230 g/mol. The van der Waals surface area contributed by atoms with E-state index in [1.165, 1.54) is 12.4 Å². The van der Waals surface area contributed by atoms with Gasteiger partial charge >= 0.3 is 0 Å². The van der Waals surface area contributed by atoms with Crippen molar-refractivity contribution in [2.45, 2.75) is 0 Å². The normalized spacial score (nSPS) is 9.50. The fourth-order valence-corrected chi connectivity index (χ4v) is 1.32. The molecule has 0 radical (unpaired) electrons. The summed E-state index contributed by atoms with van der Waals surface area (Å²) in [7, 11) is 0. The summed E-state index contributed by atoms with van der Waals surface area (Å²) in [6.07, 6.45) is 2.93. The van der Waals surface area contributed by atoms with Crippen molar-refractivity contribution in [3.63, 3.8) is 0 Å². The monoisotopic (exact) mass is 241 g/mol. The van der Waals surface area contributed by atoms with Gasteiger partial charge in [0.2, 0.25) is 5.69 Å². The largest absolute Gasteiger partial charge is 0.490 e. The molecule has 0 bridgehead atoms. The lowest BCUT2D eigenvalue weighted by molar-refractivity contribution is 0.211. The Morgan fingerprint density at radius 1 is 1.00 bits per heavy atom. The third-order valence-electron chi connectivity index (χ3n) is 2.10. The predicted octanol–water partition coefficient (Wildman–Crippen LogP) is 1.81. The van der Waals surface area contributed by atoms with Crippen LogP contribution in [0.3, 0.4) is 0 Å². The first-order valence-corrected chi connectivity index (χ1v) is 5.42. The molecule has 0 atom stereocenters. The van der Waals surface area contributed by atoms with Gasteiger partial charge in [-0.1, -0.05) is 18.2 Å². The lowest BCUT2D eigenvalue weighted by atomic mass is 10.3. The molecule has 1 aromatic carbocycles. The van der Waals surface area contributed by atoms with Crippen LogP contribution in [-0.4, -0.2) is 23.2 Å². The van der Waals surface area contributed by atoms with Crippen molar-refractivity contribution in [3.05, 3.63) is 48.4 Å². The van der Waals surface area contributed by atoms with Crippen LogP contribution in [0.4, 0.5) is 0 Å². The average molecular weight is 241 g/mol. The minimum atomic E-state index is 0.178. The Kier molecular flexibility index (Phi) is 4.09. The Bertz CT molecular complexity index is 537. The molecule has 90 valence electrons. The lowest BCUT2D eigenvalue weighted by Gasteiger charge is -2.07. The molecule has 1 heterocycles. The van der Waals surface area contributed by atoms with Gasteiger partial charge in [-0.05, 0) is 12.1 Å². The summed E-state index contributed by atoms with van der Waals surface area (Å²) in [5.74, 6) is 1.01. The van der Waals surface area contributed by atoms with Gasteiger partial charge in [0.05, 0.1) is 0 Å². The number of para-hydroxylation sites is 1. The van der Waals surface area contributed by atoms with E-state index >= 15 is 0 Å². The highest BCUT2D eigenvalue weighted by molar-refractivity contribution is 5.29. The number of ether oxygens (including phenoxy) is 2. The lowest BCUT2D eigenvalue weighted by Crippen LogP contribution is -2.10. The maximum Gasteiger partial charge on any atom is 0.251 e. The van der Waals surface area contributed by atoms with Crippen molar-refractivity contribution in [1.29, 1.82) is 5.26 Å². The van der Waals surface area contributed by atoms with Gasteiger partial charge in [-0.15, -0.1) is 0 Å². The van der Waals surface area contributed by atoms with Gasteiger partial charge in [-0.25, -0.2) is 9.97 Å². The fourth-order valence-electron chi connectivity index (χ4n) is 1.32. The maximum absolute atomic E-state index is 8.79. The molecule has 0 fully saturated rings. The minimum absolute atomic E-state index is 0.178. The Morgan fingerprint density at radius 3 is 2.50 bits per heavy atom. The summed E-state index contributed by atoms with van der Waals surface area (Å²) in [5, 5.41) is 8.79. The van der Waals surface area contributed by atoms with E-state index in [4.69, 9.17) is 14.7 Å². The number of nitriles is 1. The molecule has 2 aromatic rings. The van der Waals surface area contributed by atoms with E-state index < -0.39 is 0 Å². The molecule has 0 aliphatic carbocycles. The Morgan fingerprint density at radius 2 is 1.72 bits per heavy atom. The Hall–Kier alpha value is -2.61. The molecule has 0 amide bonds. The van der Waals surface area contributed by atoms with E-state index in [1.54, 1.807) is 0 Å². The van der Waals surface area contributed by atoms with Crippen LogP contribution in [-0.2, 0) is 0 Å². The topological polar surface area (TPSA) is 68.0 Å². The highest BCUT2D eigenvalue weighted by atomic mass is 16.5. The van der Waals surface area contributed by atoms with Crippen LogP contribution in [0.15, 0.2) is 42.7 Å². The second kappa shape index (κ2) is 6.21. The molecular formula is C13H11N3O2. The van der Waals surface area contributed by atoms with E-state index in [0.29, 0.717) is 13.2 Å². The van der Waals surface area contributed by atoms with Crippen molar-refractivity contribution in [2.24, 2.45) is 0 Å². The van der Waals surface area contributed by atoms with Crippen LogP contribution in [0.5, 0.6) is 11.6 Å². The van der Waals surface area contributed by atoms with Crippen LogP contribution in [0, 0.1) is 11.3 Å². The van der Waals surface area contributed by atoms with Gasteiger partial charge in [0.15, 0.2) is 0 Å². The molecule has 0 saturated carbocycles. The van der Waals surface area contributed by atoms with Crippen molar-refractivity contribution >= 4 is 0 Å². The SMILES string of the molecule is N#Cc1nccnc1OCCOc1ccccc1. The zero-order chi connectivity index (χ0) is 12.6. The summed E-state index contributed by atoms with van der Waals surface area (Å²) in [4.78, 5) is 7.78. The van der Waals surface area contributed by atoms with Crippen molar-refractivity contribution in [3.8, 4) is 17.7 Å². The van der Waals surface area contributed by atoms with Gasteiger partial charge in [0, 0.05) is 12.4 Å². The van der Waals surface area contributed by atoms with Gasteiger partial charge in [-0.2, -0.15) is 5.26 Å². The van der Waals surface area contributed by atoms with E-state index in [-0.39, 0.29) is 11.6 Å². The Labute approximate surface area is 105 Å². The van der Waals surface area contributed by atoms with Gasteiger partial charge in [0.25, 0.3) is 5.88 Å². The van der Waals surface area contributed by atoms with E-state index in [1.807, 2.05) is 36.4 Å². The first kappa shape index (κ1) is 11.9. The van der Waals surface area contributed by atoms with E-state index in [0.717, 1.165) is 5.75 Å². The van der Waals surface area contributed by atoms with Crippen LogP contribution in [0.25, 0.3) is 0 Å². The molecule has 5 nitrogen and oxygen atoms in total. The highest BCUT2D eigenvalue weighted by Crippen LogP contribution is 2.10. The van der Waals surface area contributed by atoms with Crippen molar-refractivity contribution in [1.82, 2.24) is 9.97 Å². The number of rotatable bonds is 5. The molecule has 5 heteroatoms. The number of hydrogen-bond donors (Lipinski definition) is 0. The Balaban J connectivity index is 1.81. The number of aromatic nitrogens is 2. The standard InChI is InChI=1S/C13H11N3O2/c14-10-12-13(16-7-6-15-12)18-9-8-17-11-4-2-1-3-5-11/h1-7H,8-9H2. The summed E-state index contributed by atoms with van der Waals surface area (Å²) >= 11 is 0. The van der Waals surface area contributed by atoms with Gasteiger partial charge in [-0.3, -0.25) is 0 Å². The van der Waals surface area contributed by atoms with E-state index in [2.05, 4.69) is 9.97 Å². The van der Waals surface area contributed by atoms with Crippen LogP contribution >= 0.6 is 0 Å². The summed E-state index contributed by atoms with van der Waals surface area (Å²) in [6.45, 7) is 0.688. The van der Waals surface area contributed by atoms with Gasteiger partial charge in [0.1, 0.15) is 25.0 Å². The average Bonchev–Trinajstić information content (AvgIpc) is 2.45. The molecule has 0 spiro atoms. The van der Waals surface area contributed by atoms with E-state index in [9.17, 15) is 0 Å². The minimum Gasteiger partial charge on any atom is -0.490 e.